The minimum Gasteiger partial charge on any atom is -0.458 e. The van der Waals surface area contributed by atoms with Crippen molar-refractivity contribution in [2.75, 3.05) is 32.7 Å². The molecule has 3 atom stereocenters. The number of pyridine rings is 2. The van der Waals surface area contributed by atoms with Crippen LogP contribution >= 0.6 is 0 Å². The number of carbonyl (C=O) groups is 6. The quantitative estimate of drug-likeness (QED) is 0.0582. The van der Waals surface area contributed by atoms with Crippen LogP contribution in [0.2, 0.25) is 0 Å². The van der Waals surface area contributed by atoms with Crippen molar-refractivity contribution in [3.63, 3.8) is 0 Å². The second-order valence-electron chi connectivity index (χ2n) is 18.2. The maximum absolute atomic E-state index is 15.4. The van der Waals surface area contributed by atoms with Gasteiger partial charge in [0.25, 0.3) is 5.56 Å². The fourth-order valence-electron chi connectivity index (χ4n) is 9.14. The number of cyclic esters (lactones) is 1. The number of amides is 5. The molecule has 5 amide bonds. The highest BCUT2D eigenvalue weighted by molar-refractivity contribution is 5.94. The largest absolute Gasteiger partial charge is 0.458 e. The van der Waals surface area contributed by atoms with E-state index in [0.29, 0.717) is 54.7 Å². The third-order valence-corrected chi connectivity index (χ3v) is 12.4. The van der Waals surface area contributed by atoms with Crippen LogP contribution in [0.4, 0.5) is 9.18 Å². The van der Waals surface area contributed by atoms with Gasteiger partial charge in [0, 0.05) is 41.6 Å². The number of aliphatic hydroxyl groups is 1. The van der Waals surface area contributed by atoms with Gasteiger partial charge in [0.15, 0.2) is 5.60 Å². The number of rotatable bonds is 17. The van der Waals surface area contributed by atoms with Crippen molar-refractivity contribution in [3.05, 3.63) is 97.6 Å². The van der Waals surface area contributed by atoms with Gasteiger partial charge in [-0.25, -0.2) is 19.0 Å². The second-order valence-corrected chi connectivity index (χ2v) is 18.2. The number of nitrogens with one attached hydrogen (secondary N) is 4. The average molecular weight is 925 g/mol. The van der Waals surface area contributed by atoms with Gasteiger partial charge in [0.2, 0.25) is 23.6 Å². The van der Waals surface area contributed by atoms with Crippen LogP contribution in [-0.4, -0.2) is 99.6 Å². The Bertz CT molecular complexity index is 2700. The summed E-state index contributed by atoms with van der Waals surface area (Å²) in [5.74, 6) is -3.85. The third kappa shape index (κ3) is 10.3. The molecule has 0 unspecified atom stereocenters. The number of fused-ring (bicyclic) bond motifs is 5. The smallest absolute Gasteiger partial charge is 0.408 e. The number of hydrogen-bond acceptors (Lipinski definition) is 12. The number of benzene rings is 2. The van der Waals surface area contributed by atoms with E-state index >= 15 is 4.39 Å². The highest BCUT2D eigenvalue weighted by atomic mass is 19.1. The molecule has 18 nitrogen and oxygen atoms in total. The molecule has 0 bridgehead atoms. The van der Waals surface area contributed by atoms with E-state index in [4.69, 9.17) is 20.2 Å². The van der Waals surface area contributed by atoms with Crippen molar-refractivity contribution in [1.82, 2.24) is 35.7 Å². The number of nitrogens with two attached hydrogens (primary N) is 1. The lowest BCUT2D eigenvalue weighted by molar-refractivity contribution is -0.172. The fraction of sp³-hybridized carbons (Fsp3) is 0.458. The minimum atomic E-state index is -2.01. The zero-order chi connectivity index (χ0) is 48.4. The maximum atomic E-state index is 15.4. The Morgan fingerprint density at radius 3 is 2.48 bits per heavy atom. The van der Waals surface area contributed by atoms with Crippen LogP contribution in [-0.2, 0) is 65.0 Å². The Hall–Kier alpha value is -6.73. The van der Waals surface area contributed by atoms with Crippen molar-refractivity contribution in [2.24, 2.45) is 5.73 Å². The Balaban J connectivity index is 1.05. The van der Waals surface area contributed by atoms with E-state index in [9.17, 15) is 38.7 Å². The van der Waals surface area contributed by atoms with Gasteiger partial charge in [-0.15, -0.1) is 0 Å². The first-order valence-corrected chi connectivity index (χ1v) is 22.5. The van der Waals surface area contributed by atoms with E-state index in [0.717, 1.165) is 27.6 Å². The molecule has 356 valence electrons. The SMILES string of the molecule is CC[C@@]1(O)C(=O)OCc2c1cc1n(c2=O)Cc2c-1nc1cc(F)c(C)c3c1c2[C@@H](NCCCCN(CC(N)=O)C(=O)[C@H](Cc1ccccc1)NC(=O)CNC(=O)CNC(=O)OC(C)(C)C)CC3. The third-order valence-electron chi connectivity index (χ3n) is 12.4. The molecule has 2 aliphatic heterocycles. The lowest BCUT2D eigenvalue weighted by Crippen LogP contribution is -2.53. The highest BCUT2D eigenvalue weighted by Crippen LogP contribution is 2.46. The van der Waals surface area contributed by atoms with Gasteiger partial charge in [-0.2, -0.15) is 0 Å². The number of primary amides is 1. The van der Waals surface area contributed by atoms with Crippen LogP contribution in [0.15, 0.2) is 47.3 Å². The molecule has 19 heteroatoms. The summed E-state index contributed by atoms with van der Waals surface area (Å²) in [6.45, 7) is 7.55. The molecule has 0 spiro atoms. The normalized spacial score (nSPS) is 17.4. The summed E-state index contributed by atoms with van der Waals surface area (Å²) in [4.78, 5) is 97.0. The van der Waals surface area contributed by atoms with Crippen LogP contribution in [0.25, 0.3) is 22.3 Å². The summed E-state index contributed by atoms with van der Waals surface area (Å²) in [7, 11) is 0. The molecule has 0 saturated heterocycles. The van der Waals surface area contributed by atoms with Crippen LogP contribution in [0, 0.1) is 12.7 Å². The van der Waals surface area contributed by atoms with Crippen molar-refractivity contribution in [1.29, 1.82) is 0 Å². The predicted molar refractivity (Wildman–Crippen MR) is 243 cm³/mol. The molecule has 4 heterocycles. The van der Waals surface area contributed by atoms with Gasteiger partial charge in [0.1, 0.15) is 30.6 Å². The number of unbranched alkanes of at least 4 members (excludes halogenated alkanes) is 1. The number of nitrogens with zero attached hydrogens (tertiary/aromatic N) is 3. The van der Waals surface area contributed by atoms with Crippen molar-refractivity contribution in [3.8, 4) is 11.4 Å². The molecule has 7 N–H and O–H groups in total. The summed E-state index contributed by atoms with van der Waals surface area (Å²) in [5, 5.41) is 23.3. The average Bonchev–Trinajstić information content (AvgIpc) is 3.65. The monoisotopic (exact) mass is 924 g/mol. The van der Waals surface area contributed by atoms with Gasteiger partial charge in [-0.05, 0) is 94.7 Å². The van der Waals surface area contributed by atoms with Crippen molar-refractivity contribution in [2.45, 2.75) is 110 Å². The van der Waals surface area contributed by atoms with E-state index in [1.807, 2.05) is 6.07 Å². The molecule has 0 radical (unpaired) electrons. The summed E-state index contributed by atoms with van der Waals surface area (Å²) in [6, 6.07) is 10.6. The number of hydrogen-bond donors (Lipinski definition) is 6. The zero-order valence-corrected chi connectivity index (χ0v) is 38.3. The van der Waals surface area contributed by atoms with E-state index in [-0.39, 0.29) is 49.7 Å². The van der Waals surface area contributed by atoms with Gasteiger partial charge in [-0.1, -0.05) is 37.3 Å². The Labute approximate surface area is 386 Å². The standard InChI is InChI=1S/C48H57FN8O10/c1-6-48(65)31-19-36-42-29(23-57(36)43(61)30(31)25-66-45(48)63)41-33(15-14-28-26(2)32(49)20-34(55-42)40(28)41)51-16-10-11-17-56(24-37(50)58)44(62)35(18-27-12-8-7-9-13-27)54-39(60)22-52-38(59)21-53-46(64)67-47(3,4)5/h7-9,12-13,19-20,33,35,51,65H,6,10-11,14-18,21-25H2,1-5H3,(H2,50,58)(H,52,59)(H,53,64)(H,54,60)/t33-,35-,48-/m0/s1. The molecule has 2 aromatic heterocycles. The summed E-state index contributed by atoms with van der Waals surface area (Å²) >= 11 is 0. The Morgan fingerprint density at radius 2 is 1.78 bits per heavy atom. The van der Waals surface area contributed by atoms with E-state index in [2.05, 4.69) is 21.3 Å². The van der Waals surface area contributed by atoms with Gasteiger partial charge in [-0.3, -0.25) is 24.0 Å². The molecule has 67 heavy (non-hydrogen) atoms. The zero-order valence-electron chi connectivity index (χ0n) is 38.3. The maximum Gasteiger partial charge on any atom is 0.408 e. The Kier molecular flexibility index (Phi) is 14.1. The summed E-state index contributed by atoms with van der Waals surface area (Å²) in [6.07, 6.45) is 1.42. The first-order chi connectivity index (χ1) is 31.8. The van der Waals surface area contributed by atoms with Crippen molar-refractivity contribution < 1.29 is 47.7 Å². The molecule has 4 aromatic rings. The van der Waals surface area contributed by atoms with E-state index < -0.39 is 83.9 Å². The van der Waals surface area contributed by atoms with E-state index in [1.165, 1.54) is 11.0 Å². The molecule has 2 aromatic carbocycles. The van der Waals surface area contributed by atoms with Crippen LogP contribution in [0.3, 0.4) is 0 Å². The molecule has 7 rings (SSSR count). The molecule has 0 saturated carbocycles. The number of carbonyl (C=O) groups excluding carboxylic acids is 6. The number of aryl methyl sites for hydroxylation is 1. The predicted octanol–water partition coefficient (Wildman–Crippen LogP) is 2.57. The summed E-state index contributed by atoms with van der Waals surface area (Å²) in [5.41, 5.74) is 7.92. The number of alkyl carbamates (subject to hydrolysis) is 1. The second kappa shape index (κ2) is 19.6. The van der Waals surface area contributed by atoms with Crippen LogP contribution in [0.5, 0.6) is 0 Å². The minimum absolute atomic E-state index is 0.00971. The number of ether oxygens (including phenoxy) is 2. The number of aromatic nitrogens is 2. The molecule has 3 aliphatic rings. The van der Waals surface area contributed by atoms with Gasteiger partial charge >= 0.3 is 12.1 Å². The van der Waals surface area contributed by atoms with Gasteiger partial charge in [0.05, 0.1) is 42.1 Å². The fourth-order valence-corrected chi connectivity index (χ4v) is 9.14. The van der Waals surface area contributed by atoms with Crippen molar-refractivity contribution >= 4 is 46.6 Å². The lowest BCUT2D eigenvalue weighted by atomic mass is 9.81. The summed E-state index contributed by atoms with van der Waals surface area (Å²) < 4.78 is 27.4. The van der Waals surface area contributed by atoms with Crippen LogP contribution < -0.4 is 32.6 Å². The molecule has 1 aliphatic carbocycles. The van der Waals surface area contributed by atoms with Gasteiger partial charge < -0.3 is 51.0 Å². The number of esters is 1. The van der Waals surface area contributed by atoms with E-state index in [1.54, 1.807) is 69.5 Å². The molecular weight excluding hydrogens is 868 g/mol. The first kappa shape index (κ1) is 48.2. The molecular formula is C48H57FN8O10. The highest BCUT2D eigenvalue weighted by Gasteiger charge is 2.46. The topological polar surface area (TPSA) is 253 Å². The van der Waals surface area contributed by atoms with Crippen LogP contribution in [0.1, 0.15) is 98.4 Å². The number of halogens is 1. The Morgan fingerprint density at radius 1 is 1.04 bits per heavy atom. The molecule has 0 fully saturated rings. The first-order valence-electron chi connectivity index (χ1n) is 22.5. The lowest BCUT2D eigenvalue weighted by Gasteiger charge is -2.31.